The highest BCUT2D eigenvalue weighted by Crippen LogP contribution is 2.54. The number of rotatable bonds is 3. The number of fused-ring (bicyclic) bond motifs is 3. The minimum Gasteiger partial charge on any atom is -0.497 e. The van der Waals surface area contributed by atoms with E-state index in [1.807, 2.05) is 6.07 Å². The van der Waals surface area contributed by atoms with Crippen LogP contribution in [0.1, 0.15) is 0 Å². The van der Waals surface area contributed by atoms with Gasteiger partial charge in [0.25, 0.3) is 0 Å². The zero-order valence-electron chi connectivity index (χ0n) is 17.0. The van der Waals surface area contributed by atoms with Gasteiger partial charge in [0.1, 0.15) is 11.6 Å². The second-order valence-electron chi connectivity index (χ2n) is 7.48. The molecule has 0 aliphatic carbocycles. The summed E-state index contributed by atoms with van der Waals surface area (Å²) in [7, 11) is 1.72. The Labute approximate surface area is 185 Å². The molecule has 5 aromatic rings. The summed E-state index contributed by atoms with van der Waals surface area (Å²) >= 11 is 1.80. The van der Waals surface area contributed by atoms with Crippen LogP contribution in [0, 0.1) is 0 Å². The Morgan fingerprint density at radius 2 is 1.48 bits per heavy atom. The monoisotopic (exact) mass is 420 g/mol. The first-order valence-corrected chi connectivity index (χ1v) is 11.1. The average Bonchev–Trinajstić information content (AvgIpc) is 3.22. The van der Waals surface area contributed by atoms with E-state index in [0.717, 1.165) is 22.8 Å². The summed E-state index contributed by atoms with van der Waals surface area (Å²) in [6.07, 6.45) is 2.14. The van der Waals surface area contributed by atoms with Crippen LogP contribution in [0.3, 0.4) is 0 Å². The van der Waals surface area contributed by atoms with Gasteiger partial charge in [0.15, 0.2) is 0 Å². The summed E-state index contributed by atoms with van der Waals surface area (Å²) in [6, 6.07) is 34.1. The third-order valence-electron chi connectivity index (χ3n) is 5.68. The molecule has 3 heterocycles. The molecule has 150 valence electrons. The SMILES string of the molecule is COc1ccc2c(c1)N(c1c(-c3ccccc3)cc3ccccn13)c1ccccc1S2. The summed E-state index contributed by atoms with van der Waals surface area (Å²) in [4.78, 5) is 4.83. The third kappa shape index (κ3) is 2.91. The topological polar surface area (TPSA) is 16.9 Å². The Morgan fingerprint density at radius 1 is 0.710 bits per heavy atom. The number of para-hydroxylation sites is 1. The lowest BCUT2D eigenvalue weighted by molar-refractivity contribution is 0.414. The number of benzene rings is 3. The molecule has 31 heavy (non-hydrogen) atoms. The molecule has 6 rings (SSSR count). The van der Waals surface area contributed by atoms with E-state index in [1.54, 1.807) is 18.9 Å². The van der Waals surface area contributed by atoms with Crippen molar-refractivity contribution in [1.29, 1.82) is 0 Å². The molecule has 0 saturated carbocycles. The maximum absolute atomic E-state index is 5.59. The van der Waals surface area contributed by atoms with Crippen LogP contribution < -0.4 is 9.64 Å². The van der Waals surface area contributed by atoms with Crippen molar-refractivity contribution in [2.75, 3.05) is 12.0 Å². The highest BCUT2D eigenvalue weighted by molar-refractivity contribution is 7.99. The number of hydrogen-bond donors (Lipinski definition) is 0. The van der Waals surface area contributed by atoms with Crippen molar-refractivity contribution in [2.24, 2.45) is 0 Å². The summed E-state index contributed by atoms with van der Waals surface area (Å²) in [5.41, 5.74) is 5.86. The molecule has 0 radical (unpaired) electrons. The summed E-state index contributed by atoms with van der Waals surface area (Å²) in [5, 5.41) is 0. The number of pyridine rings is 1. The summed E-state index contributed by atoms with van der Waals surface area (Å²) in [5.74, 6) is 1.98. The van der Waals surface area contributed by atoms with Gasteiger partial charge in [0.2, 0.25) is 0 Å². The predicted molar refractivity (Wildman–Crippen MR) is 128 cm³/mol. The first kappa shape index (κ1) is 18.2. The fourth-order valence-corrected chi connectivity index (χ4v) is 5.30. The standard InChI is InChI=1S/C27H20N2OS/c1-30-21-14-15-26-24(18-21)29(23-12-5-6-13-25(23)31-26)27-22(19-9-3-2-4-10-19)17-20-11-7-8-16-28(20)27/h2-18H,1H3. The van der Waals surface area contributed by atoms with Gasteiger partial charge in [-0.1, -0.05) is 60.3 Å². The van der Waals surface area contributed by atoms with E-state index >= 15 is 0 Å². The van der Waals surface area contributed by atoms with E-state index in [2.05, 4.69) is 106 Å². The van der Waals surface area contributed by atoms with Crippen LogP contribution in [0.15, 0.2) is 113 Å². The largest absolute Gasteiger partial charge is 0.497 e. The average molecular weight is 421 g/mol. The lowest BCUT2D eigenvalue weighted by Gasteiger charge is -2.33. The van der Waals surface area contributed by atoms with E-state index in [-0.39, 0.29) is 0 Å². The molecule has 0 amide bonds. The zero-order valence-corrected chi connectivity index (χ0v) is 17.8. The van der Waals surface area contributed by atoms with Gasteiger partial charge in [-0.3, -0.25) is 4.90 Å². The van der Waals surface area contributed by atoms with Crippen molar-refractivity contribution in [2.45, 2.75) is 9.79 Å². The molecule has 3 nitrogen and oxygen atoms in total. The third-order valence-corrected chi connectivity index (χ3v) is 6.81. The first-order chi connectivity index (χ1) is 15.3. The molecule has 0 spiro atoms. The van der Waals surface area contributed by atoms with Gasteiger partial charge in [-0.15, -0.1) is 0 Å². The molecule has 1 aliphatic rings. The van der Waals surface area contributed by atoms with E-state index in [9.17, 15) is 0 Å². The predicted octanol–water partition coefficient (Wildman–Crippen LogP) is 7.55. The maximum atomic E-state index is 5.59. The van der Waals surface area contributed by atoms with Crippen LogP contribution in [0.4, 0.5) is 17.2 Å². The molecular weight excluding hydrogens is 400 g/mol. The number of hydrogen-bond acceptors (Lipinski definition) is 3. The van der Waals surface area contributed by atoms with Gasteiger partial charge in [0.05, 0.1) is 18.5 Å². The summed E-state index contributed by atoms with van der Waals surface area (Å²) < 4.78 is 7.87. The van der Waals surface area contributed by atoms with E-state index in [1.165, 1.54) is 26.6 Å². The molecule has 0 bridgehead atoms. The Hall–Kier alpha value is -3.63. The van der Waals surface area contributed by atoms with Crippen LogP contribution in [0.2, 0.25) is 0 Å². The number of methoxy groups -OCH3 is 1. The van der Waals surface area contributed by atoms with Crippen LogP contribution in [0.5, 0.6) is 5.75 Å². The first-order valence-electron chi connectivity index (χ1n) is 10.2. The fraction of sp³-hybridized carbons (Fsp3) is 0.0370. The number of nitrogens with zero attached hydrogens (tertiary/aromatic N) is 2. The van der Waals surface area contributed by atoms with Crippen molar-refractivity contribution < 1.29 is 4.74 Å². The molecule has 3 aromatic carbocycles. The van der Waals surface area contributed by atoms with Crippen LogP contribution in [0.25, 0.3) is 16.6 Å². The second kappa shape index (κ2) is 7.25. The molecule has 2 aromatic heterocycles. The lowest BCUT2D eigenvalue weighted by Crippen LogP contribution is -2.17. The molecular formula is C27H20N2OS. The molecule has 0 N–H and O–H groups in total. The molecule has 0 unspecified atom stereocenters. The van der Waals surface area contributed by atoms with Gasteiger partial charge in [0, 0.05) is 33.1 Å². The minimum atomic E-state index is 0.853. The van der Waals surface area contributed by atoms with E-state index < -0.39 is 0 Å². The summed E-state index contributed by atoms with van der Waals surface area (Å²) in [6.45, 7) is 0. The smallest absolute Gasteiger partial charge is 0.130 e. The molecule has 0 saturated heterocycles. The fourth-order valence-electron chi connectivity index (χ4n) is 4.26. The van der Waals surface area contributed by atoms with Crippen molar-refractivity contribution in [1.82, 2.24) is 4.40 Å². The van der Waals surface area contributed by atoms with E-state index in [4.69, 9.17) is 4.74 Å². The van der Waals surface area contributed by atoms with Crippen LogP contribution in [-0.2, 0) is 0 Å². The van der Waals surface area contributed by atoms with E-state index in [0.29, 0.717) is 0 Å². The van der Waals surface area contributed by atoms with Gasteiger partial charge in [-0.25, -0.2) is 0 Å². The number of aromatic nitrogens is 1. The van der Waals surface area contributed by atoms with Gasteiger partial charge in [-0.05, 0) is 48.0 Å². The van der Waals surface area contributed by atoms with Gasteiger partial charge >= 0.3 is 0 Å². The number of ether oxygens (including phenoxy) is 1. The highest BCUT2D eigenvalue weighted by atomic mass is 32.2. The van der Waals surface area contributed by atoms with Crippen LogP contribution in [-0.4, -0.2) is 11.5 Å². The Morgan fingerprint density at radius 3 is 2.35 bits per heavy atom. The maximum Gasteiger partial charge on any atom is 0.130 e. The Bertz CT molecular complexity index is 1410. The van der Waals surface area contributed by atoms with Gasteiger partial charge in [-0.2, -0.15) is 0 Å². The van der Waals surface area contributed by atoms with Crippen molar-refractivity contribution in [3.05, 3.63) is 103 Å². The van der Waals surface area contributed by atoms with Crippen LogP contribution >= 0.6 is 11.8 Å². The highest BCUT2D eigenvalue weighted by Gasteiger charge is 2.29. The molecule has 1 aliphatic heterocycles. The lowest BCUT2D eigenvalue weighted by atomic mass is 10.1. The Balaban J connectivity index is 1.71. The number of anilines is 3. The Kier molecular flexibility index (Phi) is 4.25. The van der Waals surface area contributed by atoms with Crippen molar-refractivity contribution in [3.8, 4) is 16.9 Å². The molecule has 0 fully saturated rings. The normalized spacial score (nSPS) is 12.5. The second-order valence-corrected chi connectivity index (χ2v) is 8.57. The quantitative estimate of drug-likeness (QED) is 0.294. The van der Waals surface area contributed by atoms with Gasteiger partial charge < -0.3 is 9.14 Å². The van der Waals surface area contributed by atoms with Crippen molar-refractivity contribution >= 4 is 34.5 Å². The minimum absolute atomic E-state index is 0.853. The zero-order chi connectivity index (χ0) is 20.8. The van der Waals surface area contributed by atoms with Crippen molar-refractivity contribution in [3.63, 3.8) is 0 Å². The molecule has 4 heteroatoms. The molecule has 0 atom stereocenters.